The maximum absolute atomic E-state index is 10.3. The van der Waals surface area contributed by atoms with E-state index in [1.165, 1.54) is 10.5 Å². The summed E-state index contributed by atoms with van der Waals surface area (Å²) in [6.45, 7) is 4.36. The molecule has 0 aliphatic heterocycles. The van der Waals surface area contributed by atoms with Crippen molar-refractivity contribution in [3.05, 3.63) is 29.8 Å². The van der Waals surface area contributed by atoms with E-state index in [0.717, 1.165) is 18.8 Å². The quantitative estimate of drug-likeness (QED) is 0.686. The van der Waals surface area contributed by atoms with Gasteiger partial charge in [-0.05, 0) is 37.6 Å². The highest BCUT2D eigenvalue weighted by Crippen LogP contribution is 2.11. The Balaban J connectivity index is 2.34. The van der Waals surface area contributed by atoms with Gasteiger partial charge in [0.15, 0.2) is 0 Å². The van der Waals surface area contributed by atoms with E-state index in [9.17, 15) is 9.90 Å². The third kappa shape index (κ3) is 5.68. The first kappa shape index (κ1) is 14.5. The van der Waals surface area contributed by atoms with Crippen LogP contribution in [-0.2, 0) is 11.3 Å². The van der Waals surface area contributed by atoms with Crippen molar-refractivity contribution in [3.63, 3.8) is 0 Å². The third-order valence-corrected chi connectivity index (χ3v) is 2.72. The topological polar surface area (TPSA) is 53.8 Å². The Labute approximate surface area is 108 Å². The van der Waals surface area contributed by atoms with Crippen LogP contribution in [0.4, 0.5) is 0 Å². The second-order valence-electron chi connectivity index (χ2n) is 4.44. The second-order valence-corrected chi connectivity index (χ2v) is 4.44. The summed E-state index contributed by atoms with van der Waals surface area (Å²) in [5, 5.41) is 10.3. The molecular weight excluding hydrogens is 230 g/mol. The molecule has 0 radical (unpaired) electrons. The van der Waals surface area contributed by atoms with Gasteiger partial charge in [-0.15, -0.1) is 0 Å². The summed E-state index contributed by atoms with van der Waals surface area (Å²) >= 11 is 0. The van der Waals surface area contributed by atoms with Gasteiger partial charge >= 0.3 is 0 Å². The van der Waals surface area contributed by atoms with E-state index < -0.39 is 5.97 Å². The normalized spacial score (nSPS) is 12.1. The Kier molecular flexibility index (Phi) is 6.22. The molecule has 0 bridgehead atoms. The molecule has 0 aliphatic carbocycles. The van der Waals surface area contributed by atoms with Gasteiger partial charge in [0.25, 0.3) is 0 Å². The summed E-state index contributed by atoms with van der Waals surface area (Å²) in [5.41, 5.74) is 1.23. The first-order valence-corrected chi connectivity index (χ1v) is 6.34. The van der Waals surface area contributed by atoms with Crippen molar-refractivity contribution in [2.75, 3.05) is 20.2 Å². The highest BCUT2D eigenvalue weighted by Gasteiger charge is 2.04. The van der Waals surface area contributed by atoms with Crippen molar-refractivity contribution in [1.29, 1.82) is 0 Å². The summed E-state index contributed by atoms with van der Waals surface area (Å²) in [6, 6.07) is 8.03. The van der Waals surface area contributed by atoms with Gasteiger partial charge in [-0.25, -0.2) is 0 Å². The molecule has 0 fully saturated rings. The number of hydrogen-bond donors (Lipinski definition) is 1. The van der Waals surface area contributed by atoms with Gasteiger partial charge in [0.05, 0.1) is 20.2 Å². The van der Waals surface area contributed by atoms with Gasteiger partial charge < -0.3 is 19.5 Å². The smallest absolute Gasteiger partial charge is 0.119 e. The standard InChI is InChI=1S/C14H21NO3/c1-3-18-13-8-6-12(7-9-13)11-15(2)10-4-5-14(16)17/h6-9H,3-5,10-11H2,1-2H3,(H,16,17). The molecule has 0 heterocycles. The van der Waals surface area contributed by atoms with Gasteiger partial charge in [-0.3, -0.25) is 0 Å². The van der Waals surface area contributed by atoms with Crippen LogP contribution in [0.1, 0.15) is 25.3 Å². The Bertz CT molecular complexity index is 362. The minimum Gasteiger partial charge on any atom is -0.550 e. The fraction of sp³-hybridized carbons (Fsp3) is 0.500. The van der Waals surface area contributed by atoms with Crippen LogP contribution in [-0.4, -0.2) is 26.2 Å². The molecule has 0 aliphatic rings. The Hall–Kier alpha value is -1.55. The minimum atomic E-state index is -0.969. The van der Waals surface area contributed by atoms with Gasteiger partial charge in [0.2, 0.25) is 0 Å². The lowest BCUT2D eigenvalue weighted by molar-refractivity contribution is -0.893. The molecule has 1 unspecified atom stereocenters. The number of hydrogen-bond acceptors (Lipinski definition) is 3. The molecular formula is C14H21NO3. The number of carbonyl (C=O) groups is 1. The molecule has 1 aromatic carbocycles. The van der Waals surface area contributed by atoms with Crippen molar-refractivity contribution >= 4 is 5.97 Å². The SMILES string of the molecule is CCOc1ccc(C[NH+](C)CCCC(=O)[O-])cc1. The van der Waals surface area contributed by atoms with E-state index in [2.05, 4.69) is 7.05 Å². The summed E-state index contributed by atoms with van der Waals surface area (Å²) in [4.78, 5) is 11.6. The van der Waals surface area contributed by atoms with Gasteiger partial charge in [-0.2, -0.15) is 0 Å². The van der Waals surface area contributed by atoms with Crippen LogP contribution in [0, 0.1) is 0 Å². The zero-order valence-electron chi connectivity index (χ0n) is 11.1. The Morgan fingerprint density at radius 2 is 2.00 bits per heavy atom. The average molecular weight is 251 g/mol. The highest BCUT2D eigenvalue weighted by molar-refractivity contribution is 5.64. The number of nitrogens with one attached hydrogen (secondary N) is 1. The van der Waals surface area contributed by atoms with E-state index in [1.54, 1.807) is 0 Å². The summed E-state index contributed by atoms with van der Waals surface area (Å²) in [7, 11) is 2.06. The molecule has 0 saturated heterocycles. The lowest BCUT2D eigenvalue weighted by Gasteiger charge is -2.14. The predicted octanol–water partition coefficient (Wildman–Crippen LogP) is -0.370. The molecule has 0 aromatic heterocycles. The number of benzene rings is 1. The summed E-state index contributed by atoms with van der Waals surface area (Å²) in [6.07, 6.45) is 0.797. The molecule has 0 spiro atoms. The largest absolute Gasteiger partial charge is 0.550 e. The maximum Gasteiger partial charge on any atom is 0.119 e. The first-order valence-electron chi connectivity index (χ1n) is 6.34. The number of rotatable bonds is 8. The lowest BCUT2D eigenvalue weighted by Crippen LogP contribution is -3.07. The van der Waals surface area contributed by atoms with E-state index in [4.69, 9.17) is 4.74 Å². The Morgan fingerprint density at radius 3 is 2.56 bits per heavy atom. The molecule has 18 heavy (non-hydrogen) atoms. The first-order chi connectivity index (χ1) is 8.61. The number of carboxylic acids is 1. The van der Waals surface area contributed by atoms with Crippen molar-refractivity contribution < 1.29 is 19.5 Å². The van der Waals surface area contributed by atoms with Crippen molar-refractivity contribution in [3.8, 4) is 5.75 Å². The zero-order chi connectivity index (χ0) is 13.4. The van der Waals surface area contributed by atoms with Gasteiger partial charge in [0, 0.05) is 18.0 Å². The number of aliphatic carboxylic acids is 1. The predicted molar refractivity (Wildman–Crippen MR) is 67.3 cm³/mol. The van der Waals surface area contributed by atoms with E-state index >= 15 is 0 Å². The van der Waals surface area contributed by atoms with Crippen LogP contribution in [0.15, 0.2) is 24.3 Å². The van der Waals surface area contributed by atoms with Gasteiger partial charge in [-0.1, -0.05) is 0 Å². The Morgan fingerprint density at radius 1 is 1.33 bits per heavy atom. The number of ether oxygens (including phenoxy) is 1. The van der Waals surface area contributed by atoms with Crippen LogP contribution < -0.4 is 14.7 Å². The molecule has 1 aromatic rings. The van der Waals surface area contributed by atoms with Crippen LogP contribution in [0.5, 0.6) is 5.75 Å². The molecule has 0 saturated carbocycles. The molecule has 1 atom stereocenters. The minimum absolute atomic E-state index is 0.140. The molecule has 0 amide bonds. The summed E-state index contributed by atoms with van der Waals surface area (Å²) < 4.78 is 5.38. The van der Waals surface area contributed by atoms with Crippen LogP contribution in [0.25, 0.3) is 0 Å². The second kappa shape index (κ2) is 7.71. The lowest BCUT2D eigenvalue weighted by atomic mass is 10.2. The van der Waals surface area contributed by atoms with E-state index in [0.29, 0.717) is 13.0 Å². The van der Waals surface area contributed by atoms with Crippen molar-refractivity contribution in [1.82, 2.24) is 0 Å². The fourth-order valence-corrected chi connectivity index (χ4v) is 1.84. The fourth-order valence-electron chi connectivity index (χ4n) is 1.84. The van der Waals surface area contributed by atoms with Crippen molar-refractivity contribution in [2.45, 2.75) is 26.3 Å². The number of quaternary nitrogens is 1. The average Bonchev–Trinajstić information content (AvgIpc) is 2.31. The molecule has 4 nitrogen and oxygen atoms in total. The van der Waals surface area contributed by atoms with Crippen LogP contribution in [0.2, 0.25) is 0 Å². The van der Waals surface area contributed by atoms with E-state index in [-0.39, 0.29) is 6.42 Å². The zero-order valence-corrected chi connectivity index (χ0v) is 11.1. The summed E-state index contributed by atoms with van der Waals surface area (Å²) in [5.74, 6) is -0.0836. The molecule has 4 heteroatoms. The molecule has 100 valence electrons. The van der Waals surface area contributed by atoms with Gasteiger partial charge in [0.1, 0.15) is 12.3 Å². The highest BCUT2D eigenvalue weighted by atomic mass is 16.5. The van der Waals surface area contributed by atoms with Crippen LogP contribution in [0.3, 0.4) is 0 Å². The van der Waals surface area contributed by atoms with Crippen molar-refractivity contribution in [2.24, 2.45) is 0 Å². The van der Waals surface area contributed by atoms with Crippen LogP contribution >= 0.6 is 0 Å². The number of carbonyl (C=O) groups excluding carboxylic acids is 1. The monoisotopic (exact) mass is 251 g/mol. The number of carboxylic acid groups (broad SMARTS) is 1. The van der Waals surface area contributed by atoms with E-state index in [1.807, 2.05) is 31.2 Å². The maximum atomic E-state index is 10.3. The third-order valence-electron chi connectivity index (χ3n) is 2.72. The molecule has 1 rings (SSSR count). The molecule has 1 N–H and O–H groups in total.